The molecule has 0 spiro atoms. The Bertz CT molecular complexity index is 2030. The van der Waals surface area contributed by atoms with Gasteiger partial charge in [-0.15, -0.1) is 0 Å². The van der Waals surface area contributed by atoms with Crippen LogP contribution in [-0.2, 0) is 33.3 Å². The molecule has 0 amide bonds. The molecule has 87 heavy (non-hydrogen) atoms. The van der Waals surface area contributed by atoms with Crippen LogP contribution in [0.15, 0.2) is 170 Å². The van der Waals surface area contributed by atoms with Crippen molar-refractivity contribution in [1.82, 2.24) is 0 Å². The van der Waals surface area contributed by atoms with Crippen LogP contribution in [0.3, 0.4) is 0 Å². The summed E-state index contributed by atoms with van der Waals surface area (Å²) < 4.78 is 22.9. The number of aliphatic carboxylic acids is 1. The number of rotatable bonds is 61. The van der Waals surface area contributed by atoms with E-state index in [2.05, 4.69) is 184 Å². The molecule has 490 valence electrons. The van der Waals surface area contributed by atoms with E-state index in [1.54, 1.807) is 0 Å². The summed E-state index contributed by atoms with van der Waals surface area (Å²) in [6.45, 7) is 4.60. The number of ether oxygens (including phenoxy) is 4. The molecule has 0 aromatic carbocycles. The second-order valence-corrected chi connectivity index (χ2v) is 23.4. The highest BCUT2D eigenvalue weighted by Gasteiger charge is 2.25. The molecule has 2 atom stereocenters. The summed E-state index contributed by atoms with van der Waals surface area (Å²) in [5, 5.41) is 9.74. The zero-order chi connectivity index (χ0) is 63.3. The van der Waals surface area contributed by atoms with Crippen LogP contribution in [0.1, 0.15) is 245 Å². The Morgan fingerprint density at radius 3 is 0.931 bits per heavy atom. The summed E-state index contributed by atoms with van der Waals surface area (Å²) in [5.74, 6) is -2.06. The maximum absolute atomic E-state index is 12.9. The Balaban J connectivity index is 4.20. The monoisotopic (exact) mass is 1200 g/mol. The van der Waals surface area contributed by atoms with Gasteiger partial charge in [0.1, 0.15) is 13.2 Å². The minimum absolute atomic E-state index is 0.173. The SMILES string of the molecule is CC/C=C\C/C=C\C/C=C\C/C=C\C/C=C\C/C=C\C/C=C\CCCCCCCCCCCCCCCCCC(=O)OC(COC(=O)CCCCC/C=C\C/C=C\C/C=C\C/C=C\C/C=C\C/C=C\C/C=C\CC)COC(OCC[N+](C)(C)C)C(=O)O. The average Bonchev–Trinajstić information content (AvgIpc) is 3.57. The smallest absolute Gasteiger partial charge is 0.361 e. The van der Waals surface area contributed by atoms with E-state index in [-0.39, 0.29) is 38.6 Å². The first-order chi connectivity index (χ1) is 42.6. The van der Waals surface area contributed by atoms with Crippen LogP contribution in [0.5, 0.6) is 0 Å². The number of carboxylic acids is 1. The van der Waals surface area contributed by atoms with E-state index in [4.69, 9.17) is 18.9 Å². The lowest BCUT2D eigenvalue weighted by Crippen LogP contribution is -2.40. The maximum Gasteiger partial charge on any atom is 0.361 e. The number of quaternary nitrogens is 1. The molecule has 9 nitrogen and oxygen atoms in total. The van der Waals surface area contributed by atoms with Gasteiger partial charge in [-0.05, 0) is 128 Å². The van der Waals surface area contributed by atoms with Gasteiger partial charge in [-0.1, -0.05) is 274 Å². The molecule has 9 heteroatoms. The van der Waals surface area contributed by atoms with Crippen LogP contribution >= 0.6 is 0 Å². The Labute approximate surface area is 533 Å². The molecule has 0 aliphatic carbocycles. The normalized spacial score (nSPS) is 13.8. The van der Waals surface area contributed by atoms with E-state index in [1.807, 2.05) is 21.1 Å². The van der Waals surface area contributed by atoms with Crippen molar-refractivity contribution in [2.75, 3.05) is 47.5 Å². The second-order valence-electron chi connectivity index (χ2n) is 23.4. The highest BCUT2D eigenvalue weighted by atomic mass is 16.7. The lowest BCUT2D eigenvalue weighted by atomic mass is 10.0. The zero-order valence-corrected chi connectivity index (χ0v) is 55.9. The van der Waals surface area contributed by atoms with Gasteiger partial charge in [0.05, 0.1) is 34.4 Å². The third kappa shape index (κ3) is 68.0. The molecular formula is C78H126NO8+. The molecule has 0 saturated heterocycles. The summed E-state index contributed by atoms with van der Waals surface area (Å²) in [4.78, 5) is 37.6. The Morgan fingerprint density at radius 1 is 0.345 bits per heavy atom. The standard InChI is InChI=1S/C78H125NO8/c1-6-8-10-12-14-16-18-20-22-24-26-28-30-32-33-34-35-36-37-38-39-40-41-42-43-45-47-49-51-53-55-57-59-61-63-65-67-69-76(81)87-74(73-86-78(77(82)83)84-71-70-79(3,4)5)72-85-75(80)68-66-64-62-60-58-56-54-52-50-48-46-44-31-29-27-25-23-21-19-17-15-13-11-9-7-2/h8-11,14-17,20-23,26-29,32-33,35-36,38-39,44,46,50,52,56,58,74,78H,6-7,12-13,18-19,24-25,30-31,34,37,40-43,45,47-49,51,53-55,57,59-73H2,1-5H3/p+1/b10-8-,11-9-,16-14-,17-15-,22-20-,23-21-,28-26-,29-27-,33-32-,36-35-,39-38-,46-44-,52-50-,58-56-. The number of hydrogen-bond acceptors (Lipinski definition) is 7. The van der Waals surface area contributed by atoms with Gasteiger partial charge in [-0.3, -0.25) is 9.59 Å². The number of allylic oxidation sites excluding steroid dienone is 28. The number of carboxylic acid groups (broad SMARTS) is 1. The van der Waals surface area contributed by atoms with Gasteiger partial charge in [-0.2, -0.15) is 0 Å². The van der Waals surface area contributed by atoms with Crippen LogP contribution in [0.25, 0.3) is 0 Å². The first-order valence-corrected chi connectivity index (χ1v) is 34.3. The summed E-state index contributed by atoms with van der Waals surface area (Å²) in [5.41, 5.74) is 0. The quantitative estimate of drug-likeness (QED) is 0.0211. The van der Waals surface area contributed by atoms with Crippen molar-refractivity contribution in [3.63, 3.8) is 0 Å². The predicted octanol–water partition coefficient (Wildman–Crippen LogP) is 21.5. The van der Waals surface area contributed by atoms with Gasteiger partial charge in [0.25, 0.3) is 6.29 Å². The molecular weight excluding hydrogens is 1080 g/mol. The molecule has 1 N–H and O–H groups in total. The minimum Gasteiger partial charge on any atom is -0.477 e. The van der Waals surface area contributed by atoms with E-state index in [1.165, 1.54) is 77.0 Å². The van der Waals surface area contributed by atoms with Crippen molar-refractivity contribution in [3.8, 4) is 0 Å². The molecule has 0 heterocycles. The summed E-state index contributed by atoms with van der Waals surface area (Å²) >= 11 is 0. The molecule has 0 aromatic rings. The third-order valence-corrected chi connectivity index (χ3v) is 14.0. The number of hydrogen-bond donors (Lipinski definition) is 1. The zero-order valence-electron chi connectivity index (χ0n) is 55.9. The van der Waals surface area contributed by atoms with Gasteiger partial charge >= 0.3 is 17.9 Å². The van der Waals surface area contributed by atoms with Gasteiger partial charge in [0, 0.05) is 12.8 Å². The Morgan fingerprint density at radius 2 is 0.621 bits per heavy atom. The van der Waals surface area contributed by atoms with Crippen molar-refractivity contribution >= 4 is 17.9 Å². The maximum atomic E-state index is 12.9. The van der Waals surface area contributed by atoms with Gasteiger partial charge < -0.3 is 28.5 Å². The first-order valence-electron chi connectivity index (χ1n) is 34.3. The van der Waals surface area contributed by atoms with Crippen molar-refractivity contribution in [2.45, 2.75) is 257 Å². The number of carbonyl (C=O) groups is 3. The fourth-order valence-corrected chi connectivity index (χ4v) is 8.80. The van der Waals surface area contributed by atoms with Crippen LogP contribution in [0.2, 0.25) is 0 Å². The number of likely N-dealkylation sites (N-methyl/N-ethyl adjacent to an activating group) is 1. The molecule has 0 aliphatic heterocycles. The molecule has 0 bridgehead atoms. The molecule has 0 saturated carbocycles. The number of unbranched alkanes of at least 4 members (excludes halogenated alkanes) is 18. The topological polar surface area (TPSA) is 108 Å². The Hall–Kier alpha value is -5.35. The minimum atomic E-state index is -1.53. The van der Waals surface area contributed by atoms with Gasteiger partial charge in [-0.25, -0.2) is 4.79 Å². The molecule has 2 unspecified atom stereocenters. The van der Waals surface area contributed by atoms with Crippen LogP contribution in [0, 0.1) is 0 Å². The number of carbonyl (C=O) groups excluding carboxylic acids is 2. The average molecular weight is 1210 g/mol. The van der Waals surface area contributed by atoms with E-state index in [0.717, 1.165) is 128 Å². The second kappa shape index (κ2) is 66.6. The first kappa shape index (κ1) is 81.7. The summed E-state index contributed by atoms with van der Waals surface area (Å²) in [6.07, 6.45) is 97.4. The molecule has 0 aliphatic rings. The van der Waals surface area contributed by atoms with Crippen LogP contribution in [0.4, 0.5) is 0 Å². The van der Waals surface area contributed by atoms with E-state index in [0.29, 0.717) is 23.9 Å². The largest absolute Gasteiger partial charge is 0.477 e. The van der Waals surface area contributed by atoms with Crippen molar-refractivity contribution in [1.29, 1.82) is 0 Å². The fraction of sp³-hybridized carbons (Fsp3) is 0.603. The van der Waals surface area contributed by atoms with Crippen molar-refractivity contribution < 1.29 is 42.9 Å². The molecule has 0 aromatic heterocycles. The highest BCUT2D eigenvalue weighted by Crippen LogP contribution is 2.16. The number of nitrogens with zero attached hydrogens (tertiary/aromatic N) is 1. The van der Waals surface area contributed by atoms with E-state index >= 15 is 0 Å². The van der Waals surface area contributed by atoms with Crippen molar-refractivity contribution in [2.24, 2.45) is 0 Å². The lowest BCUT2D eigenvalue weighted by molar-refractivity contribution is -0.870. The van der Waals surface area contributed by atoms with E-state index in [9.17, 15) is 19.5 Å². The van der Waals surface area contributed by atoms with E-state index < -0.39 is 24.3 Å². The fourth-order valence-electron chi connectivity index (χ4n) is 8.80. The Kier molecular flexibility index (Phi) is 62.5. The van der Waals surface area contributed by atoms with Gasteiger partial charge in [0.2, 0.25) is 0 Å². The summed E-state index contributed by atoms with van der Waals surface area (Å²) in [7, 11) is 5.95. The van der Waals surface area contributed by atoms with Crippen LogP contribution in [-0.4, -0.2) is 87.4 Å². The molecule has 0 rings (SSSR count). The molecule has 0 radical (unpaired) electrons. The highest BCUT2D eigenvalue weighted by molar-refractivity contribution is 5.71. The van der Waals surface area contributed by atoms with Gasteiger partial charge in [0.15, 0.2) is 6.10 Å². The van der Waals surface area contributed by atoms with Crippen LogP contribution < -0.4 is 0 Å². The number of esters is 2. The summed E-state index contributed by atoms with van der Waals surface area (Å²) in [6, 6.07) is 0. The van der Waals surface area contributed by atoms with Crippen molar-refractivity contribution in [3.05, 3.63) is 170 Å². The lowest BCUT2D eigenvalue weighted by Gasteiger charge is -2.25. The predicted molar refractivity (Wildman–Crippen MR) is 373 cm³/mol. The third-order valence-electron chi connectivity index (χ3n) is 14.0. The molecule has 0 fully saturated rings.